The van der Waals surface area contributed by atoms with Crippen LogP contribution in [0, 0.1) is 0 Å². The number of aliphatic hydroxyl groups is 1. The second kappa shape index (κ2) is 7.69. The van der Waals surface area contributed by atoms with Crippen molar-refractivity contribution in [3.05, 3.63) is 60.2 Å². The van der Waals surface area contributed by atoms with Crippen molar-refractivity contribution in [3.8, 4) is 11.5 Å². The van der Waals surface area contributed by atoms with Crippen molar-refractivity contribution in [2.75, 3.05) is 19.8 Å². The molecule has 2 atom stereocenters. The van der Waals surface area contributed by atoms with Crippen LogP contribution in [0.5, 0.6) is 11.5 Å². The van der Waals surface area contributed by atoms with E-state index in [1.54, 1.807) is 0 Å². The number of ether oxygens (including phenoxy) is 2. The summed E-state index contributed by atoms with van der Waals surface area (Å²) in [5.41, 5.74) is 7.02. The van der Waals surface area contributed by atoms with Crippen molar-refractivity contribution in [1.82, 2.24) is 0 Å². The summed E-state index contributed by atoms with van der Waals surface area (Å²) in [4.78, 5) is 0. The van der Waals surface area contributed by atoms with E-state index in [9.17, 15) is 5.11 Å². The van der Waals surface area contributed by atoms with E-state index >= 15 is 0 Å². The maximum absolute atomic E-state index is 9.38. The first-order valence-electron chi connectivity index (χ1n) is 8.49. The van der Waals surface area contributed by atoms with Crippen molar-refractivity contribution in [2.45, 2.75) is 30.7 Å². The molecule has 1 aliphatic carbocycles. The fraction of sp³-hybridized carbons (Fsp3) is 0.400. The molecule has 0 heterocycles. The molecular formula is C20H25NO3. The van der Waals surface area contributed by atoms with Gasteiger partial charge in [0.15, 0.2) is 0 Å². The lowest BCUT2D eigenvalue weighted by atomic mass is 9.94. The van der Waals surface area contributed by atoms with E-state index in [4.69, 9.17) is 15.2 Å². The van der Waals surface area contributed by atoms with Gasteiger partial charge < -0.3 is 20.3 Å². The molecule has 1 saturated carbocycles. The summed E-state index contributed by atoms with van der Waals surface area (Å²) in [7, 11) is 0. The molecule has 0 radical (unpaired) electrons. The highest BCUT2D eigenvalue weighted by molar-refractivity contribution is 5.30. The molecule has 2 unspecified atom stereocenters. The Morgan fingerprint density at radius 1 is 0.958 bits per heavy atom. The van der Waals surface area contributed by atoms with E-state index in [1.165, 1.54) is 5.56 Å². The molecule has 0 amide bonds. The zero-order chi connectivity index (χ0) is 16.8. The third kappa shape index (κ3) is 4.28. The van der Waals surface area contributed by atoms with Gasteiger partial charge in [-0.3, -0.25) is 0 Å². The molecule has 0 aromatic heterocycles. The molecule has 2 aromatic rings. The topological polar surface area (TPSA) is 64.7 Å². The molecule has 2 aromatic carbocycles. The summed E-state index contributed by atoms with van der Waals surface area (Å²) in [6, 6.07) is 17.9. The smallest absolute Gasteiger partial charge is 0.122 e. The molecule has 128 valence electrons. The van der Waals surface area contributed by atoms with E-state index < -0.39 is 5.54 Å². The number of aliphatic hydroxyl groups excluding tert-OH is 1. The molecule has 1 fully saturated rings. The fourth-order valence-electron chi connectivity index (χ4n) is 3.26. The summed E-state index contributed by atoms with van der Waals surface area (Å²) >= 11 is 0. The maximum atomic E-state index is 9.38. The van der Waals surface area contributed by atoms with E-state index in [0.29, 0.717) is 19.1 Å². The van der Waals surface area contributed by atoms with Crippen LogP contribution < -0.4 is 15.2 Å². The molecule has 0 bridgehead atoms. The van der Waals surface area contributed by atoms with E-state index in [0.717, 1.165) is 30.8 Å². The molecule has 3 N–H and O–H groups in total. The van der Waals surface area contributed by atoms with Crippen LogP contribution in [0.2, 0.25) is 0 Å². The van der Waals surface area contributed by atoms with Gasteiger partial charge in [0.25, 0.3) is 0 Å². The third-order valence-corrected chi connectivity index (χ3v) is 4.67. The molecule has 4 heteroatoms. The summed E-state index contributed by atoms with van der Waals surface area (Å²) < 4.78 is 11.3. The molecule has 24 heavy (non-hydrogen) atoms. The molecule has 4 nitrogen and oxygen atoms in total. The van der Waals surface area contributed by atoms with Gasteiger partial charge >= 0.3 is 0 Å². The van der Waals surface area contributed by atoms with Gasteiger partial charge in [-0.15, -0.1) is 0 Å². The van der Waals surface area contributed by atoms with Gasteiger partial charge in [0.2, 0.25) is 0 Å². The average molecular weight is 327 g/mol. The normalized spacial score (nSPS) is 23.2. The Hall–Kier alpha value is -2.04. The highest BCUT2D eigenvalue weighted by atomic mass is 16.5. The highest BCUT2D eigenvalue weighted by Crippen LogP contribution is 2.39. The van der Waals surface area contributed by atoms with Gasteiger partial charge in [0, 0.05) is 5.54 Å². The number of para-hydroxylation sites is 1. The van der Waals surface area contributed by atoms with Crippen molar-refractivity contribution in [2.24, 2.45) is 5.73 Å². The average Bonchev–Trinajstić information content (AvgIpc) is 3.03. The number of hydrogen-bond acceptors (Lipinski definition) is 4. The second-order valence-electron chi connectivity index (χ2n) is 6.54. The highest BCUT2D eigenvalue weighted by Gasteiger charge is 2.35. The Bertz CT molecular complexity index is 629. The molecule has 1 aliphatic rings. The number of rotatable bonds is 7. The maximum Gasteiger partial charge on any atom is 0.122 e. The van der Waals surface area contributed by atoms with Gasteiger partial charge in [0.1, 0.15) is 24.7 Å². The SMILES string of the molecule is NC1(CO)CCC(c2ccc(OCCOc3ccccc3)cc2)C1. The van der Waals surface area contributed by atoms with Crippen LogP contribution >= 0.6 is 0 Å². The van der Waals surface area contributed by atoms with Gasteiger partial charge in [-0.25, -0.2) is 0 Å². The number of nitrogens with two attached hydrogens (primary N) is 1. The summed E-state index contributed by atoms with van der Waals surface area (Å²) in [5.74, 6) is 2.12. The lowest BCUT2D eigenvalue weighted by Crippen LogP contribution is -2.40. The van der Waals surface area contributed by atoms with Crippen molar-refractivity contribution >= 4 is 0 Å². The Balaban J connectivity index is 1.45. The number of hydrogen-bond donors (Lipinski definition) is 2. The zero-order valence-electron chi connectivity index (χ0n) is 13.9. The van der Waals surface area contributed by atoms with E-state index in [1.807, 2.05) is 42.5 Å². The fourth-order valence-corrected chi connectivity index (χ4v) is 3.26. The zero-order valence-corrected chi connectivity index (χ0v) is 13.9. The van der Waals surface area contributed by atoms with Crippen molar-refractivity contribution in [1.29, 1.82) is 0 Å². The molecule has 3 rings (SSSR count). The monoisotopic (exact) mass is 327 g/mol. The minimum atomic E-state index is -0.408. The van der Waals surface area contributed by atoms with Crippen LogP contribution in [-0.4, -0.2) is 30.5 Å². The lowest BCUT2D eigenvalue weighted by Gasteiger charge is -2.21. The summed E-state index contributed by atoms with van der Waals surface area (Å²) in [6.45, 7) is 1.08. The minimum absolute atomic E-state index is 0.0616. The Kier molecular flexibility index (Phi) is 5.38. The van der Waals surface area contributed by atoms with Crippen LogP contribution in [0.3, 0.4) is 0 Å². The van der Waals surface area contributed by atoms with Gasteiger partial charge in [0.05, 0.1) is 6.61 Å². The third-order valence-electron chi connectivity index (χ3n) is 4.67. The summed E-state index contributed by atoms with van der Waals surface area (Å²) in [6.07, 6.45) is 2.75. The van der Waals surface area contributed by atoms with Crippen LogP contribution in [-0.2, 0) is 0 Å². The van der Waals surface area contributed by atoms with Crippen LogP contribution in [0.4, 0.5) is 0 Å². The van der Waals surface area contributed by atoms with Crippen LogP contribution in [0.25, 0.3) is 0 Å². The lowest BCUT2D eigenvalue weighted by molar-refractivity contribution is 0.198. The molecule has 0 aliphatic heterocycles. The standard InChI is InChI=1S/C20H25NO3/c21-20(15-22)11-10-17(14-20)16-6-8-19(9-7-16)24-13-12-23-18-4-2-1-3-5-18/h1-9,17,22H,10-15,21H2. The molecule has 0 saturated heterocycles. The first-order valence-corrected chi connectivity index (χ1v) is 8.49. The van der Waals surface area contributed by atoms with Gasteiger partial charge in [-0.05, 0) is 55.0 Å². The van der Waals surface area contributed by atoms with Crippen LogP contribution in [0.15, 0.2) is 54.6 Å². The van der Waals surface area contributed by atoms with Crippen molar-refractivity contribution < 1.29 is 14.6 Å². The van der Waals surface area contributed by atoms with Gasteiger partial charge in [-0.1, -0.05) is 30.3 Å². The quantitative estimate of drug-likeness (QED) is 0.767. The largest absolute Gasteiger partial charge is 0.490 e. The van der Waals surface area contributed by atoms with Crippen molar-refractivity contribution in [3.63, 3.8) is 0 Å². The predicted octanol–water partition coefficient (Wildman–Crippen LogP) is 3.10. The van der Waals surface area contributed by atoms with Gasteiger partial charge in [-0.2, -0.15) is 0 Å². The first-order chi connectivity index (χ1) is 11.7. The molecular weight excluding hydrogens is 302 g/mol. The van der Waals surface area contributed by atoms with Crippen LogP contribution in [0.1, 0.15) is 30.7 Å². The predicted molar refractivity (Wildman–Crippen MR) is 94.5 cm³/mol. The Labute approximate surface area is 143 Å². The first kappa shape index (κ1) is 16.8. The van der Waals surface area contributed by atoms with E-state index in [-0.39, 0.29) is 6.61 Å². The summed E-state index contributed by atoms with van der Waals surface area (Å²) in [5, 5.41) is 9.38. The minimum Gasteiger partial charge on any atom is -0.490 e. The Morgan fingerprint density at radius 3 is 2.17 bits per heavy atom. The number of benzene rings is 2. The van der Waals surface area contributed by atoms with E-state index in [2.05, 4.69) is 12.1 Å². The Morgan fingerprint density at radius 2 is 1.58 bits per heavy atom. The molecule has 0 spiro atoms. The second-order valence-corrected chi connectivity index (χ2v) is 6.54.